The summed E-state index contributed by atoms with van der Waals surface area (Å²) in [5, 5.41) is 21.0. The standard InChI is InChI=1S/C17H18N4O3/c1-10(20-9-19)21-15-13-7-12(8-18)5-6-14(13)24-17(3,4)16(15)23-11(2)22/h5-7,15-16H,1-4H3,(H,20,21)/t15-,16+/m0/s1. The molecule has 0 spiro atoms. The Morgan fingerprint density at radius 1 is 1.38 bits per heavy atom. The number of amidine groups is 1. The summed E-state index contributed by atoms with van der Waals surface area (Å²) < 4.78 is 11.5. The van der Waals surface area contributed by atoms with Gasteiger partial charge < -0.3 is 14.8 Å². The molecular weight excluding hydrogens is 308 g/mol. The van der Waals surface area contributed by atoms with E-state index in [-0.39, 0.29) is 0 Å². The first kappa shape index (κ1) is 17.3. The van der Waals surface area contributed by atoms with Gasteiger partial charge in [0.1, 0.15) is 17.2 Å². The Morgan fingerprint density at radius 3 is 2.67 bits per heavy atom. The highest BCUT2D eigenvalue weighted by Crippen LogP contribution is 2.41. The van der Waals surface area contributed by atoms with E-state index >= 15 is 0 Å². The fourth-order valence-electron chi connectivity index (χ4n) is 2.73. The third kappa shape index (κ3) is 3.47. The molecule has 1 aromatic rings. The van der Waals surface area contributed by atoms with Crippen LogP contribution in [0.5, 0.6) is 5.75 Å². The van der Waals surface area contributed by atoms with Crippen LogP contribution < -0.4 is 10.1 Å². The zero-order valence-corrected chi connectivity index (χ0v) is 14.0. The number of nitrogens with one attached hydrogen (secondary N) is 1. The monoisotopic (exact) mass is 326 g/mol. The molecule has 1 aromatic carbocycles. The minimum absolute atomic E-state index is 0.380. The minimum atomic E-state index is -0.808. The van der Waals surface area contributed by atoms with Gasteiger partial charge in [0.25, 0.3) is 0 Å². The summed E-state index contributed by atoms with van der Waals surface area (Å²) in [6.07, 6.45) is 1.05. The van der Waals surface area contributed by atoms with Crippen LogP contribution >= 0.6 is 0 Å². The fraction of sp³-hybridized carbons (Fsp3) is 0.412. The van der Waals surface area contributed by atoms with E-state index in [0.29, 0.717) is 22.7 Å². The molecular formula is C17H18N4O3. The topological polar surface area (TPSA) is 107 Å². The average Bonchev–Trinajstić information content (AvgIpc) is 2.50. The molecule has 0 unspecified atom stereocenters. The molecule has 7 heteroatoms. The zero-order chi connectivity index (χ0) is 17.9. The fourth-order valence-corrected chi connectivity index (χ4v) is 2.73. The average molecular weight is 326 g/mol. The summed E-state index contributed by atoms with van der Waals surface area (Å²) in [7, 11) is 0. The van der Waals surface area contributed by atoms with E-state index in [9.17, 15) is 4.79 Å². The molecule has 0 aliphatic carbocycles. The molecule has 2 rings (SSSR count). The summed E-state index contributed by atoms with van der Waals surface area (Å²) in [4.78, 5) is 15.2. The van der Waals surface area contributed by atoms with E-state index in [2.05, 4.69) is 16.4 Å². The third-order valence-electron chi connectivity index (χ3n) is 3.71. The SMILES string of the molecule is CC(=O)O[C@@H]1[C@@H](N/C(C)=N/C#N)c2cc(C#N)ccc2OC1(C)C. The number of esters is 1. The van der Waals surface area contributed by atoms with E-state index < -0.39 is 23.7 Å². The molecule has 0 saturated carbocycles. The highest BCUT2D eigenvalue weighted by Gasteiger charge is 2.46. The molecule has 7 nitrogen and oxygen atoms in total. The molecule has 1 N–H and O–H groups in total. The van der Waals surface area contributed by atoms with Crippen LogP contribution in [0, 0.1) is 22.8 Å². The summed E-state index contributed by atoms with van der Waals surface area (Å²) in [5.74, 6) is 0.522. The summed E-state index contributed by atoms with van der Waals surface area (Å²) in [6, 6.07) is 6.63. The van der Waals surface area contributed by atoms with Gasteiger partial charge in [-0.2, -0.15) is 15.5 Å². The number of hydrogen-bond acceptors (Lipinski definition) is 6. The molecule has 0 radical (unpaired) electrons. The third-order valence-corrected chi connectivity index (χ3v) is 3.71. The lowest BCUT2D eigenvalue weighted by molar-refractivity contribution is -0.162. The van der Waals surface area contributed by atoms with Crippen molar-refractivity contribution in [2.24, 2.45) is 4.99 Å². The van der Waals surface area contributed by atoms with E-state index in [1.165, 1.54) is 6.92 Å². The Balaban J connectivity index is 2.56. The predicted octanol–water partition coefficient (Wildman–Crippen LogP) is 2.19. The minimum Gasteiger partial charge on any atom is -0.484 e. The van der Waals surface area contributed by atoms with E-state index in [1.54, 1.807) is 31.3 Å². The molecule has 2 atom stereocenters. The number of nitriles is 2. The van der Waals surface area contributed by atoms with Gasteiger partial charge in [-0.1, -0.05) is 0 Å². The van der Waals surface area contributed by atoms with Gasteiger partial charge in [-0.25, -0.2) is 0 Å². The normalized spacial score (nSPS) is 21.5. The molecule has 1 heterocycles. The van der Waals surface area contributed by atoms with Gasteiger partial charge in [0.15, 0.2) is 6.10 Å². The van der Waals surface area contributed by atoms with Crippen molar-refractivity contribution in [2.45, 2.75) is 45.4 Å². The van der Waals surface area contributed by atoms with Gasteiger partial charge >= 0.3 is 5.97 Å². The number of carbonyl (C=O) groups excluding carboxylic acids is 1. The van der Waals surface area contributed by atoms with Crippen LogP contribution in [-0.4, -0.2) is 23.5 Å². The number of nitrogens with zero attached hydrogens (tertiary/aromatic N) is 3. The second-order valence-corrected chi connectivity index (χ2v) is 6.02. The van der Waals surface area contributed by atoms with Crippen LogP contribution in [0.4, 0.5) is 0 Å². The molecule has 1 aliphatic rings. The maximum absolute atomic E-state index is 11.6. The van der Waals surface area contributed by atoms with Crippen molar-refractivity contribution in [1.82, 2.24) is 5.32 Å². The predicted molar refractivity (Wildman–Crippen MR) is 86.0 cm³/mol. The van der Waals surface area contributed by atoms with Crippen LogP contribution in [0.3, 0.4) is 0 Å². The number of ether oxygens (including phenoxy) is 2. The molecule has 0 bridgehead atoms. The van der Waals surface area contributed by atoms with Gasteiger partial charge in [0.2, 0.25) is 6.19 Å². The van der Waals surface area contributed by atoms with Crippen LogP contribution in [0.25, 0.3) is 0 Å². The first-order chi connectivity index (χ1) is 11.3. The molecule has 0 amide bonds. The van der Waals surface area contributed by atoms with Crippen molar-refractivity contribution in [3.63, 3.8) is 0 Å². The smallest absolute Gasteiger partial charge is 0.303 e. The van der Waals surface area contributed by atoms with Crippen molar-refractivity contribution in [3.05, 3.63) is 29.3 Å². The van der Waals surface area contributed by atoms with Crippen LogP contribution in [0.15, 0.2) is 23.2 Å². The van der Waals surface area contributed by atoms with E-state index in [0.717, 1.165) is 0 Å². The van der Waals surface area contributed by atoms with Gasteiger partial charge in [-0.05, 0) is 39.0 Å². The summed E-state index contributed by atoms with van der Waals surface area (Å²) in [5.41, 5.74) is 0.324. The highest BCUT2D eigenvalue weighted by molar-refractivity contribution is 5.81. The number of rotatable bonds is 2. The van der Waals surface area contributed by atoms with Crippen molar-refractivity contribution in [2.75, 3.05) is 0 Å². The Bertz CT molecular complexity index is 771. The second kappa shape index (κ2) is 6.59. The summed E-state index contributed by atoms with van der Waals surface area (Å²) >= 11 is 0. The second-order valence-electron chi connectivity index (χ2n) is 6.02. The number of aliphatic imine (C=N–C) groups is 1. The first-order valence-electron chi connectivity index (χ1n) is 7.38. The highest BCUT2D eigenvalue weighted by atomic mass is 16.6. The Morgan fingerprint density at radius 2 is 2.08 bits per heavy atom. The maximum Gasteiger partial charge on any atom is 0.303 e. The van der Waals surface area contributed by atoms with E-state index in [4.69, 9.17) is 20.0 Å². The van der Waals surface area contributed by atoms with Gasteiger partial charge in [-0.15, -0.1) is 0 Å². The number of hydrogen-bond donors (Lipinski definition) is 1. The number of carbonyl (C=O) groups is 1. The van der Waals surface area contributed by atoms with E-state index in [1.807, 2.05) is 13.8 Å². The number of benzene rings is 1. The molecule has 0 saturated heterocycles. The Labute approximate surface area is 140 Å². The summed E-state index contributed by atoms with van der Waals surface area (Å²) in [6.45, 7) is 6.59. The van der Waals surface area contributed by atoms with Crippen molar-refractivity contribution >= 4 is 11.8 Å². The molecule has 0 fully saturated rings. The zero-order valence-electron chi connectivity index (χ0n) is 14.0. The molecule has 24 heavy (non-hydrogen) atoms. The lowest BCUT2D eigenvalue weighted by atomic mass is 9.85. The van der Waals surface area contributed by atoms with Gasteiger partial charge in [0, 0.05) is 12.5 Å². The Kier molecular flexibility index (Phi) is 4.75. The molecule has 1 aliphatic heterocycles. The lowest BCUT2D eigenvalue weighted by Crippen LogP contribution is -2.55. The number of fused-ring (bicyclic) bond motifs is 1. The van der Waals surface area contributed by atoms with Gasteiger partial charge in [0.05, 0.1) is 17.7 Å². The molecule has 0 aromatic heterocycles. The maximum atomic E-state index is 11.6. The Hall–Kier alpha value is -3.06. The van der Waals surface area contributed by atoms with Crippen molar-refractivity contribution in [3.8, 4) is 18.0 Å². The largest absolute Gasteiger partial charge is 0.484 e. The van der Waals surface area contributed by atoms with Crippen LogP contribution in [0.2, 0.25) is 0 Å². The van der Waals surface area contributed by atoms with Crippen molar-refractivity contribution in [1.29, 1.82) is 10.5 Å². The molecule has 124 valence electrons. The lowest BCUT2D eigenvalue weighted by Gasteiger charge is -2.44. The quantitative estimate of drug-likeness (QED) is 0.386. The van der Waals surface area contributed by atoms with Crippen molar-refractivity contribution < 1.29 is 14.3 Å². The van der Waals surface area contributed by atoms with Crippen LogP contribution in [0.1, 0.15) is 44.9 Å². The van der Waals surface area contributed by atoms with Crippen LogP contribution in [-0.2, 0) is 9.53 Å². The first-order valence-corrected chi connectivity index (χ1v) is 7.38. The van der Waals surface area contributed by atoms with Gasteiger partial charge in [-0.3, -0.25) is 4.79 Å².